The smallest absolute Gasteiger partial charge is 0.283 e. The van der Waals surface area contributed by atoms with E-state index < -0.39 is 4.92 Å². The summed E-state index contributed by atoms with van der Waals surface area (Å²) in [6, 6.07) is 9.32. The molecule has 0 aliphatic carbocycles. The minimum atomic E-state index is -0.469. The molecule has 0 amide bonds. The van der Waals surface area contributed by atoms with Gasteiger partial charge in [0.1, 0.15) is 5.75 Å². The number of hydroxylamine groups is 1. The minimum Gasteiger partial charge on any atom is -0.459 e. The van der Waals surface area contributed by atoms with Crippen LogP contribution >= 0.6 is 0 Å². The van der Waals surface area contributed by atoms with E-state index in [0.29, 0.717) is 28.3 Å². The summed E-state index contributed by atoms with van der Waals surface area (Å²) in [7, 11) is 0. The van der Waals surface area contributed by atoms with Crippen molar-refractivity contribution in [3.63, 3.8) is 0 Å². The summed E-state index contributed by atoms with van der Waals surface area (Å²) in [4.78, 5) is 32.0. The van der Waals surface area contributed by atoms with E-state index in [9.17, 15) is 14.9 Å². The van der Waals surface area contributed by atoms with E-state index in [2.05, 4.69) is 17.1 Å². The maximum Gasteiger partial charge on any atom is 0.283 e. The largest absolute Gasteiger partial charge is 0.459 e. The fourth-order valence-electron chi connectivity index (χ4n) is 2.68. The normalized spacial score (nSPS) is 14.0. The maximum atomic E-state index is 12.2. The van der Waals surface area contributed by atoms with Crippen LogP contribution < -0.4 is 10.2 Å². The van der Waals surface area contributed by atoms with Gasteiger partial charge in [0.15, 0.2) is 17.9 Å². The summed E-state index contributed by atoms with van der Waals surface area (Å²) in [5.74, 6) is 1.06. The van der Waals surface area contributed by atoms with Crippen LogP contribution in [0.25, 0.3) is 0 Å². The highest BCUT2D eigenvalue weighted by Gasteiger charge is 2.17. The topological polar surface area (TPSA) is 103 Å². The molecule has 2 aromatic carbocycles. The molecule has 0 atom stereocenters. The van der Waals surface area contributed by atoms with Crippen LogP contribution in [0.5, 0.6) is 5.75 Å². The molecule has 29 heavy (non-hydrogen) atoms. The number of benzene rings is 2. The Kier molecular flexibility index (Phi) is 5.45. The SMILES string of the molecule is C=C(C)C(=O)c1ccc(OC=C2N=C(c3ccc([N+](=O)[O-])cc3)NO2)c(C)c1C. The van der Waals surface area contributed by atoms with Gasteiger partial charge in [-0.05, 0) is 61.7 Å². The molecular formula is C21H19N3O5. The van der Waals surface area contributed by atoms with E-state index in [1.54, 1.807) is 31.2 Å². The Balaban J connectivity index is 1.77. The van der Waals surface area contributed by atoms with Crippen LogP contribution in [0.1, 0.15) is 34.0 Å². The second-order valence-electron chi connectivity index (χ2n) is 6.51. The molecule has 1 N–H and O–H groups in total. The van der Waals surface area contributed by atoms with E-state index in [4.69, 9.17) is 9.57 Å². The average molecular weight is 393 g/mol. The van der Waals surface area contributed by atoms with Crippen LogP contribution in [-0.2, 0) is 4.84 Å². The third kappa shape index (κ3) is 4.16. The zero-order valence-electron chi connectivity index (χ0n) is 16.2. The highest BCUT2D eigenvalue weighted by atomic mass is 16.7. The number of rotatable bonds is 6. The standard InChI is InChI=1S/C21H19N3O5/c1-12(2)20(25)17-9-10-18(14(4)13(17)3)28-11-19-22-21(23-29-19)15-5-7-16(8-6-15)24(26)27/h5-11H,1H2,2-4H3,(H,22,23). The van der Waals surface area contributed by atoms with Crippen molar-refractivity contribution in [3.05, 3.63) is 93.1 Å². The number of non-ortho nitro benzene ring substituents is 1. The first kappa shape index (κ1) is 19.8. The lowest BCUT2D eigenvalue weighted by Crippen LogP contribution is -2.17. The van der Waals surface area contributed by atoms with Gasteiger partial charge in [-0.1, -0.05) is 6.58 Å². The molecule has 0 spiro atoms. The quantitative estimate of drug-likeness (QED) is 0.260. The fourth-order valence-corrected chi connectivity index (χ4v) is 2.68. The molecule has 0 unspecified atom stereocenters. The number of carbonyl (C=O) groups excluding carboxylic acids is 1. The van der Waals surface area contributed by atoms with Crippen molar-refractivity contribution in [2.45, 2.75) is 20.8 Å². The first-order valence-electron chi connectivity index (χ1n) is 8.71. The Morgan fingerprint density at radius 2 is 1.90 bits per heavy atom. The number of carbonyl (C=O) groups is 1. The van der Waals surface area contributed by atoms with Crippen molar-refractivity contribution >= 4 is 17.3 Å². The highest BCUT2D eigenvalue weighted by Crippen LogP contribution is 2.26. The van der Waals surface area contributed by atoms with Gasteiger partial charge in [0, 0.05) is 23.3 Å². The van der Waals surface area contributed by atoms with Gasteiger partial charge in [-0.2, -0.15) is 4.99 Å². The molecule has 1 aliphatic rings. The monoisotopic (exact) mass is 393 g/mol. The number of aliphatic imine (C=N–C) groups is 1. The second kappa shape index (κ2) is 7.97. The molecule has 148 valence electrons. The van der Waals surface area contributed by atoms with Crippen LogP contribution in [0, 0.1) is 24.0 Å². The third-order valence-electron chi connectivity index (χ3n) is 4.48. The number of ether oxygens (including phenoxy) is 1. The van der Waals surface area contributed by atoms with Crippen LogP contribution in [-0.4, -0.2) is 16.5 Å². The van der Waals surface area contributed by atoms with Gasteiger partial charge in [-0.15, -0.1) is 0 Å². The average Bonchev–Trinajstić information content (AvgIpc) is 3.17. The van der Waals surface area contributed by atoms with Crippen LogP contribution in [0.3, 0.4) is 0 Å². The molecule has 8 heteroatoms. The number of Topliss-reactive ketones (excluding diaryl/α,β-unsaturated/α-hetero) is 1. The Hall–Kier alpha value is -3.94. The predicted molar refractivity (Wildman–Crippen MR) is 108 cm³/mol. The zero-order valence-corrected chi connectivity index (χ0v) is 16.2. The van der Waals surface area contributed by atoms with Crippen LogP contribution in [0.15, 0.2) is 65.7 Å². The van der Waals surface area contributed by atoms with Gasteiger partial charge in [0.2, 0.25) is 0 Å². The molecule has 1 aliphatic heterocycles. The molecule has 3 rings (SSSR count). The number of nitro groups is 1. The Morgan fingerprint density at radius 1 is 1.21 bits per heavy atom. The third-order valence-corrected chi connectivity index (χ3v) is 4.48. The summed E-state index contributed by atoms with van der Waals surface area (Å²) in [5.41, 5.74) is 5.97. The lowest BCUT2D eigenvalue weighted by molar-refractivity contribution is -0.384. The number of hydrogen-bond donors (Lipinski definition) is 1. The van der Waals surface area contributed by atoms with E-state index in [1.165, 1.54) is 18.4 Å². The lowest BCUT2D eigenvalue weighted by Gasteiger charge is -2.12. The molecule has 2 aromatic rings. The number of allylic oxidation sites excluding steroid dienone is 1. The number of nitrogens with zero attached hydrogens (tertiary/aromatic N) is 2. The van der Waals surface area contributed by atoms with Gasteiger partial charge in [-0.25, -0.2) is 5.48 Å². The number of ketones is 1. The number of nitro benzene ring substituents is 1. The Morgan fingerprint density at radius 3 is 2.52 bits per heavy atom. The number of hydrogen-bond acceptors (Lipinski definition) is 7. The fraction of sp³-hybridized carbons (Fsp3) is 0.143. The predicted octanol–water partition coefficient (Wildman–Crippen LogP) is 4.13. The summed E-state index contributed by atoms with van der Waals surface area (Å²) < 4.78 is 5.67. The molecular weight excluding hydrogens is 374 g/mol. The van der Waals surface area contributed by atoms with Crippen molar-refractivity contribution in [2.24, 2.45) is 4.99 Å². The zero-order chi connectivity index (χ0) is 21.1. The van der Waals surface area contributed by atoms with Crippen molar-refractivity contribution in [3.8, 4) is 5.75 Å². The Bertz CT molecular complexity index is 1070. The van der Waals surface area contributed by atoms with Gasteiger partial charge < -0.3 is 9.57 Å². The number of amidine groups is 1. The van der Waals surface area contributed by atoms with Gasteiger partial charge in [0.25, 0.3) is 11.6 Å². The van der Waals surface area contributed by atoms with E-state index in [-0.39, 0.29) is 17.4 Å². The van der Waals surface area contributed by atoms with Crippen molar-refractivity contribution in [1.82, 2.24) is 5.48 Å². The van der Waals surface area contributed by atoms with Gasteiger partial charge in [-0.3, -0.25) is 14.9 Å². The minimum absolute atomic E-state index is 0.00761. The molecule has 0 saturated carbocycles. The molecule has 0 fully saturated rings. The maximum absolute atomic E-state index is 12.2. The molecule has 0 radical (unpaired) electrons. The van der Waals surface area contributed by atoms with Crippen LogP contribution in [0.4, 0.5) is 5.69 Å². The summed E-state index contributed by atoms with van der Waals surface area (Å²) >= 11 is 0. The van der Waals surface area contributed by atoms with Gasteiger partial charge >= 0.3 is 0 Å². The van der Waals surface area contributed by atoms with Crippen molar-refractivity contribution < 1.29 is 19.3 Å². The van der Waals surface area contributed by atoms with E-state index in [0.717, 1.165) is 11.1 Å². The van der Waals surface area contributed by atoms with Crippen molar-refractivity contribution in [1.29, 1.82) is 0 Å². The molecule has 1 heterocycles. The second-order valence-corrected chi connectivity index (χ2v) is 6.51. The Labute approximate surface area is 167 Å². The first-order chi connectivity index (χ1) is 13.8. The van der Waals surface area contributed by atoms with Crippen molar-refractivity contribution in [2.75, 3.05) is 0 Å². The van der Waals surface area contributed by atoms with E-state index >= 15 is 0 Å². The molecule has 0 aromatic heterocycles. The lowest BCUT2D eigenvalue weighted by atomic mass is 9.96. The van der Waals surface area contributed by atoms with Gasteiger partial charge in [0.05, 0.1) is 4.92 Å². The molecule has 0 bridgehead atoms. The highest BCUT2D eigenvalue weighted by molar-refractivity contribution is 6.09. The summed E-state index contributed by atoms with van der Waals surface area (Å²) in [6.45, 7) is 9.08. The summed E-state index contributed by atoms with van der Waals surface area (Å²) in [6.07, 6.45) is 1.34. The molecule has 8 nitrogen and oxygen atoms in total. The molecule has 0 saturated heterocycles. The number of nitrogens with one attached hydrogen (secondary N) is 1. The van der Waals surface area contributed by atoms with Crippen LogP contribution in [0.2, 0.25) is 0 Å². The van der Waals surface area contributed by atoms with E-state index in [1.807, 2.05) is 13.8 Å². The first-order valence-corrected chi connectivity index (χ1v) is 8.71. The summed E-state index contributed by atoms with van der Waals surface area (Å²) in [5, 5.41) is 10.7.